The number of nitrogens with one attached hydrogen (secondary N) is 1. The number of hydrogen-bond acceptors (Lipinski definition) is 2. The van der Waals surface area contributed by atoms with Gasteiger partial charge in [-0.3, -0.25) is 4.99 Å². The Hall–Kier alpha value is -2.33. The lowest BCUT2D eigenvalue weighted by atomic mass is 10.1. The maximum Gasteiger partial charge on any atom is 0.193 e. The Morgan fingerprint density at radius 3 is 2.56 bits per heavy atom. The van der Waals surface area contributed by atoms with Gasteiger partial charge in [-0.25, -0.2) is 0 Å². The summed E-state index contributed by atoms with van der Waals surface area (Å²) in [6.45, 7) is 6.44. The summed E-state index contributed by atoms with van der Waals surface area (Å²) in [7, 11) is 0. The summed E-state index contributed by atoms with van der Waals surface area (Å²) in [5.74, 6) is 0.466. The zero-order chi connectivity index (χ0) is 17.9. The predicted octanol–water partition coefficient (Wildman–Crippen LogP) is 4.07. The molecular weight excluding hydrogens is 310 g/mol. The fourth-order valence-corrected chi connectivity index (χ4v) is 2.46. The molecule has 3 N–H and O–H groups in total. The molecule has 0 fully saturated rings. The number of ether oxygens (including phenoxy) is 1. The van der Waals surface area contributed by atoms with Crippen LogP contribution in [-0.4, -0.2) is 25.7 Å². The number of guanidine groups is 1. The second-order valence-corrected chi connectivity index (χ2v) is 6.25. The third-order valence-electron chi connectivity index (χ3n) is 4.14. The number of rotatable bonds is 9. The highest BCUT2D eigenvalue weighted by atomic mass is 16.5. The largest absolute Gasteiger partial charge is 0.381 e. The van der Waals surface area contributed by atoms with E-state index in [1.807, 2.05) is 12.1 Å². The molecule has 25 heavy (non-hydrogen) atoms. The van der Waals surface area contributed by atoms with Gasteiger partial charge in [0.05, 0.1) is 6.61 Å². The van der Waals surface area contributed by atoms with Crippen LogP contribution < -0.4 is 11.1 Å². The van der Waals surface area contributed by atoms with Gasteiger partial charge < -0.3 is 15.8 Å². The van der Waals surface area contributed by atoms with E-state index in [0.29, 0.717) is 12.5 Å². The second-order valence-electron chi connectivity index (χ2n) is 6.25. The molecule has 0 aliphatic carbocycles. The maximum absolute atomic E-state index is 5.93. The Kier molecular flexibility index (Phi) is 7.99. The number of unbranched alkanes of at least 4 members (excludes halogenated alkanes) is 1. The molecule has 2 aromatic carbocycles. The minimum atomic E-state index is 0.466. The lowest BCUT2D eigenvalue weighted by molar-refractivity contribution is 0.134. The van der Waals surface area contributed by atoms with E-state index in [1.54, 1.807) is 0 Å². The summed E-state index contributed by atoms with van der Waals surface area (Å²) >= 11 is 0. The van der Waals surface area contributed by atoms with E-state index >= 15 is 0 Å². The number of hydrogen-bond donors (Lipinski definition) is 2. The van der Waals surface area contributed by atoms with Crippen LogP contribution in [0, 0.1) is 13.8 Å². The fraction of sp³-hybridized carbons (Fsp3) is 0.381. The van der Waals surface area contributed by atoms with Gasteiger partial charge >= 0.3 is 0 Å². The van der Waals surface area contributed by atoms with Crippen LogP contribution in [-0.2, 0) is 11.2 Å². The van der Waals surface area contributed by atoms with Crippen LogP contribution in [0.25, 0.3) is 0 Å². The molecule has 4 heteroatoms. The SMILES string of the molecule is Cc1ccc(NC(N)=NCCCCOCCc2ccccc2)cc1C. The van der Waals surface area contributed by atoms with Crippen LogP contribution in [0.5, 0.6) is 0 Å². The molecule has 2 rings (SSSR count). The van der Waals surface area contributed by atoms with Crippen molar-refractivity contribution in [3.05, 3.63) is 65.2 Å². The van der Waals surface area contributed by atoms with Gasteiger partial charge in [-0.05, 0) is 61.9 Å². The highest BCUT2D eigenvalue weighted by molar-refractivity contribution is 5.92. The normalized spacial score (nSPS) is 11.5. The van der Waals surface area contributed by atoms with Gasteiger partial charge in [0.2, 0.25) is 0 Å². The first kappa shape index (κ1) is 19.0. The average Bonchev–Trinajstić information content (AvgIpc) is 2.61. The summed E-state index contributed by atoms with van der Waals surface area (Å²) in [6, 6.07) is 16.6. The first-order chi connectivity index (χ1) is 12.1. The lowest BCUT2D eigenvalue weighted by Gasteiger charge is -2.08. The van der Waals surface area contributed by atoms with Crippen molar-refractivity contribution in [1.29, 1.82) is 0 Å². The van der Waals surface area contributed by atoms with Crippen molar-refractivity contribution >= 4 is 11.6 Å². The molecule has 134 valence electrons. The average molecular weight is 339 g/mol. The highest BCUT2D eigenvalue weighted by Crippen LogP contribution is 2.13. The van der Waals surface area contributed by atoms with Gasteiger partial charge in [0.1, 0.15) is 0 Å². The van der Waals surface area contributed by atoms with Crippen molar-refractivity contribution in [1.82, 2.24) is 0 Å². The van der Waals surface area contributed by atoms with E-state index in [0.717, 1.165) is 38.2 Å². The number of aliphatic imine (C=N–C) groups is 1. The molecular formula is C21H29N3O. The zero-order valence-corrected chi connectivity index (χ0v) is 15.3. The van der Waals surface area contributed by atoms with Crippen LogP contribution in [0.1, 0.15) is 29.5 Å². The van der Waals surface area contributed by atoms with Crippen molar-refractivity contribution in [2.75, 3.05) is 25.1 Å². The van der Waals surface area contributed by atoms with Crippen molar-refractivity contribution in [3.63, 3.8) is 0 Å². The molecule has 0 aliphatic heterocycles. The second kappa shape index (κ2) is 10.5. The Bertz CT molecular complexity index is 668. The van der Waals surface area contributed by atoms with Gasteiger partial charge in [0, 0.05) is 18.8 Å². The number of benzene rings is 2. The molecule has 0 spiro atoms. The fourth-order valence-electron chi connectivity index (χ4n) is 2.46. The van der Waals surface area contributed by atoms with Gasteiger partial charge in [-0.15, -0.1) is 0 Å². The molecule has 4 nitrogen and oxygen atoms in total. The minimum absolute atomic E-state index is 0.466. The number of anilines is 1. The Balaban J connectivity index is 1.55. The molecule has 0 unspecified atom stereocenters. The van der Waals surface area contributed by atoms with Crippen LogP contribution >= 0.6 is 0 Å². The van der Waals surface area contributed by atoms with Gasteiger partial charge in [0.25, 0.3) is 0 Å². The Labute approximate surface area is 151 Å². The Morgan fingerprint density at radius 2 is 1.80 bits per heavy atom. The summed E-state index contributed by atoms with van der Waals surface area (Å²) in [5.41, 5.74) is 10.7. The third kappa shape index (κ3) is 7.40. The minimum Gasteiger partial charge on any atom is -0.381 e. The number of nitrogens with zero attached hydrogens (tertiary/aromatic N) is 1. The van der Waals surface area contributed by atoms with Crippen LogP contribution in [0.15, 0.2) is 53.5 Å². The van der Waals surface area contributed by atoms with Crippen LogP contribution in [0.4, 0.5) is 5.69 Å². The first-order valence-corrected chi connectivity index (χ1v) is 8.91. The third-order valence-corrected chi connectivity index (χ3v) is 4.14. The topological polar surface area (TPSA) is 59.6 Å². The molecule has 2 aromatic rings. The molecule has 0 saturated heterocycles. The first-order valence-electron chi connectivity index (χ1n) is 8.91. The van der Waals surface area contributed by atoms with E-state index < -0.39 is 0 Å². The summed E-state index contributed by atoms with van der Waals surface area (Å²) < 4.78 is 5.67. The van der Waals surface area contributed by atoms with Crippen molar-refractivity contribution in [2.24, 2.45) is 10.7 Å². The van der Waals surface area contributed by atoms with Crippen LogP contribution in [0.3, 0.4) is 0 Å². The quantitative estimate of drug-likeness (QED) is 0.411. The standard InChI is InChI=1S/C21H29N3O/c1-17-10-11-20(16-18(17)2)24-21(22)23-13-6-7-14-25-15-12-19-8-4-3-5-9-19/h3-5,8-11,16H,6-7,12-15H2,1-2H3,(H3,22,23,24). The molecule has 0 bridgehead atoms. The van der Waals surface area contributed by atoms with Crippen molar-refractivity contribution in [2.45, 2.75) is 33.1 Å². The molecule has 0 aromatic heterocycles. The molecule has 0 saturated carbocycles. The molecule has 0 heterocycles. The van der Waals surface area contributed by atoms with E-state index in [4.69, 9.17) is 10.5 Å². The van der Waals surface area contributed by atoms with E-state index in [1.165, 1.54) is 16.7 Å². The molecule has 0 radical (unpaired) electrons. The number of aryl methyl sites for hydroxylation is 2. The van der Waals surface area contributed by atoms with Crippen molar-refractivity contribution < 1.29 is 4.74 Å². The molecule has 0 atom stereocenters. The zero-order valence-electron chi connectivity index (χ0n) is 15.3. The lowest BCUT2D eigenvalue weighted by Crippen LogP contribution is -2.23. The Morgan fingerprint density at radius 1 is 1.00 bits per heavy atom. The molecule has 0 amide bonds. The van der Waals surface area contributed by atoms with Gasteiger partial charge in [-0.2, -0.15) is 0 Å². The summed E-state index contributed by atoms with van der Waals surface area (Å²) in [6.07, 6.45) is 2.93. The maximum atomic E-state index is 5.93. The molecule has 0 aliphatic rings. The summed E-state index contributed by atoms with van der Waals surface area (Å²) in [5, 5.41) is 3.14. The predicted molar refractivity (Wildman–Crippen MR) is 106 cm³/mol. The van der Waals surface area contributed by atoms with Crippen molar-refractivity contribution in [3.8, 4) is 0 Å². The monoisotopic (exact) mass is 339 g/mol. The van der Waals surface area contributed by atoms with E-state index in [2.05, 4.69) is 60.6 Å². The summed E-state index contributed by atoms with van der Waals surface area (Å²) in [4.78, 5) is 4.36. The van der Waals surface area contributed by atoms with Crippen LogP contribution in [0.2, 0.25) is 0 Å². The van der Waals surface area contributed by atoms with Gasteiger partial charge in [-0.1, -0.05) is 36.4 Å². The number of nitrogens with two attached hydrogens (primary N) is 1. The van der Waals surface area contributed by atoms with Gasteiger partial charge in [0.15, 0.2) is 5.96 Å². The van der Waals surface area contributed by atoms with E-state index in [9.17, 15) is 0 Å². The smallest absolute Gasteiger partial charge is 0.193 e. The van der Waals surface area contributed by atoms with E-state index in [-0.39, 0.29) is 0 Å². The highest BCUT2D eigenvalue weighted by Gasteiger charge is 1.98.